The van der Waals surface area contributed by atoms with Crippen LogP contribution in [0.3, 0.4) is 0 Å². The molecule has 4 aromatic rings. The third-order valence-corrected chi connectivity index (χ3v) is 6.44. The Labute approximate surface area is 208 Å². The Morgan fingerprint density at radius 3 is 2.86 bits per heavy atom. The number of fused-ring (bicyclic) bond motifs is 1. The van der Waals surface area contributed by atoms with Crippen molar-refractivity contribution >= 4 is 28.2 Å². The third kappa shape index (κ3) is 5.65. The van der Waals surface area contributed by atoms with Crippen LogP contribution in [0.25, 0.3) is 22.0 Å². The Morgan fingerprint density at radius 2 is 2.03 bits per heavy atom. The van der Waals surface area contributed by atoms with Crippen LogP contribution in [-0.2, 0) is 17.7 Å². The molecule has 0 spiro atoms. The second kappa shape index (κ2) is 10.9. The van der Waals surface area contributed by atoms with Gasteiger partial charge >= 0.3 is 0 Å². The largest absolute Gasteiger partial charge is 0.375 e. The first-order chi connectivity index (χ1) is 17.2. The normalized spacial score (nSPS) is 13.8. The van der Waals surface area contributed by atoms with E-state index in [4.69, 9.17) is 26.1 Å². The van der Waals surface area contributed by atoms with E-state index in [9.17, 15) is 0 Å². The topological polar surface area (TPSA) is 103 Å². The number of unbranched alkanes of at least 4 members (excludes halogenated alkanes) is 1. The van der Waals surface area contributed by atoms with Crippen LogP contribution in [0, 0.1) is 11.3 Å². The lowest BCUT2D eigenvalue weighted by Gasteiger charge is -2.41. The van der Waals surface area contributed by atoms with Gasteiger partial charge in [-0.3, -0.25) is 5.10 Å². The predicted molar refractivity (Wildman–Crippen MR) is 135 cm³/mol. The first-order valence-corrected chi connectivity index (χ1v) is 12.2. The van der Waals surface area contributed by atoms with Crippen molar-refractivity contribution in [3.63, 3.8) is 0 Å². The first kappa shape index (κ1) is 23.4. The summed E-state index contributed by atoms with van der Waals surface area (Å²) in [6.45, 7) is 4.14. The van der Waals surface area contributed by atoms with E-state index in [1.807, 2.05) is 24.4 Å². The summed E-state index contributed by atoms with van der Waals surface area (Å²) in [6, 6.07) is 12.2. The maximum absolute atomic E-state index is 8.88. The summed E-state index contributed by atoms with van der Waals surface area (Å²) < 4.78 is 11.1. The molecule has 180 valence electrons. The molecule has 5 rings (SSSR count). The number of H-pyrrole nitrogens is 1. The van der Waals surface area contributed by atoms with Gasteiger partial charge in [-0.05, 0) is 60.3 Å². The van der Waals surface area contributed by atoms with Gasteiger partial charge in [0.1, 0.15) is 6.26 Å². The zero-order chi connectivity index (χ0) is 24.0. The molecule has 2 aromatic heterocycles. The second-order valence-corrected chi connectivity index (χ2v) is 9.26. The number of halogens is 1. The molecule has 0 unspecified atom stereocenters. The Hall–Kier alpha value is -3.38. The number of hydrogen-bond donors (Lipinski definition) is 2. The Bertz CT molecular complexity index is 1310. The number of nitrogens with one attached hydrogen (secondary N) is 2. The average molecular weight is 491 g/mol. The SMILES string of the molecule is N#CCc1cc(Cl)cc(CNCCCCOC2CN(c3cc(-c4cnoc4)cc4[nH]ncc34)C2)c1. The highest BCUT2D eigenvalue weighted by Gasteiger charge is 2.29. The summed E-state index contributed by atoms with van der Waals surface area (Å²) >= 11 is 6.15. The molecule has 8 nitrogen and oxygen atoms in total. The molecule has 0 saturated carbocycles. The van der Waals surface area contributed by atoms with Crippen molar-refractivity contribution in [2.75, 3.05) is 31.1 Å². The number of ether oxygens (including phenoxy) is 1. The Balaban J connectivity index is 1.03. The molecule has 0 radical (unpaired) electrons. The van der Waals surface area contributed by atoms with Gasteiger partial charge in [-0.1, -0.05) is 22.8 Å². The van der Waals surface area contributed by atoms with Gasteiger partial charge in [0.05, 0.1) is 36.5 Å². The number of nitriles is 1. The van der Waals surface area contributed by atoms with E-state index in [0.717, 1.165) is 84.5 Å². The lowest BCUT2D eigenvalue weighted by atomic mass is 10.0. The van der Waals surface area contributed by atoms with Crippen LogP contribution in [-0.4, -0.2) is 47.7 Å². The number of rotatable bonds is 11. The highest BCUT2D eigenvalue weighted by atomic mass is 35.5. The van der Waals surface area contributed by atoms with Crippen LogP contribution in [0.2, 0.25) is 5.02 Å². The summed E-state index contributed by atoms with van der Waals surface area (Å²) in [5, 5.41) is 25.2. The molecule has 0 bridgehead atoms. The number of nitrogens with zero attached hydrogens (tertiary/aromatic N) is 4. The Kier molecular flexibility index (Phi) is 7.28. The number of anilines is 1. The second-order valence-electron chi connectivity index (χ2n) is 8.82. The monoisotopic (exact) mass is 490 g/mol. The van der Waals surface area contributed by atoms with E-state index < -0.39 is 0 Å². The van der Waals surface area contributed by atoms with Crippen LogP contribution in [0.15, 0.2) is 53.5 Å². The molecule has 0 aliphatic carbocycles. The van der Waals surface area contributed by atoms with Crippen molar-refractivity contribution in [3.05, 3.63) is 65.1 Å². The van der Waals surface area contributed by atoms with E-state index in [1.54, 1.807) is 12.5 Å². The number of hydrogen-bond acceptors (Lipinski definition) is 7. The molecule has 1 aliphatic rings. The van der Waals surface area contributed by atoms with Crippen LogP contribution >= 0.6 is 11.6 Å². The van der Waals surface area contributed by atoms with Crippen LogP contribution < -0.4 is 10.2 Å². The molecule has 2 aromatic carbocycles. The van der Waals surface area contributed by atoms with Gasteiger partial charge in [0.25, 0.3) is 0 Å². The van der Waals surface area contributed by atoms with Crippen molar-refractivity contribution in [1.82, 2.24) is 20.7 Å². The molecule has 1 fully saturated rings. The average Bonchev–Trinajstić information content (AvgIpc) is 3.51. The maximum atomic E-state index is 8.88. The van der Waals surface area contributed by atoms with Crippen molar-refractivity contribution in [1.29, 1.82) is 5.26 Å². The fourth-order valence-corrected chi connectivity index (χ4v) is 4.68. The molecule has 9 heteroatoms. The molecule has 1 saturated heterocycles. The van der Waals surface area contributed by atoms with Gasteiger partial charge < -0.3 is 19.5 Å². The Morgan fingerprint density at radius 1 is 1.14 bits per heavy atom. The first-order valence-electron chi connectivity index (χ1n) is 11.8. The summed E-state index contributed by atoms with van der Waals surface area (Å²) in [5.41, 5.74) is 6.20. The predicted octanol–water partition coefficient (Wildman–Crippen LogP) is 4.71. The lowest BCUT2D eigenvalue weighted by molar-refractivity contribution is 0.0324. The highest BCUT2D eigenvalue weighted by Crippen LogP contribution is 2.34. The minimum absolute atomic E-state index is 0.245. The molecule has 35 heavy (non-hydrogen) atoms. The minimum atomic E-state index is 0.245. The molecular formula is C26H27ClN6O2. The van der Waals surface area contributed by atoms with Gasteiger partial charge in [0.2, 0.25) is 0 Å². The zero-order valence-electron chi connectivity index (χ0n) is 19.3. The van der Waals surface area contributed by atoms with Gasteiger partial charge in [-0.15, -0.1) is 0 Å². The van der Waals surface area contributed by atoms with Gasteiger partial charge in [-0.25, -0.2) is 0 Å². The molecule has 2 N–H and O–H groups in total. The quantitative estimate of drug-likeness (QED) is 0.293. The maximum Gasteiger partial charge on any atom is 0.131 e. The molecule has 1 aliphatic heterocycles. The van der Waals surface area contributed by atoms with E-state index >= 15 is 0 Å². The van der Waals surface area contributed by atoms with Crippen LogP contribution in [0.1, 0.15) is 24.0 Å². The number of aromatic nitrogens is 3. The van der Waals surface area contributed by atoms with Gasteiger partial charge in [-0.2, -0.15) is 10.4 Å². The molecule has 3 heterocycles. The fraction of sp³-hybridized carbons (Fsp3) is 0.346. The zero-order valence-corrected chi connectivity index (χ0v) is 20.1. The number of aromatic amines is 1. The van der Waals surface area contributed by atoms with E-state index in [0.29, 0.717) is 11.4 Å². The van der Waals surface area contributed by atoms with E-state index in [2.05, 4.69) is 43.8 Å². The van der Waals surface area contributed by atoms with Gasteiger partial charge in [0.15, 0.2) is 0 Å². The summed E-state index contributed by atoms with van der Waals surface area (Å²) in [7, 11) is 0. The van der Waals surface area contributed by atoms with Crippen molar-refractivity contribution in [3.8, 4) is 17.2 Å². The summed E-state index contributed by atoms with van der Waals surface area (Å²) in [5.74, 6) is 0. The van der Waals surface area contributed by atoms with Crippen molar-refractivity contribution in [2.24, 2.45) is 0 Å². The lowest BCUT2D eigenvalue weighted by Crippen LogP contribution is -2.52. The number of benzene rings is 2. The standard InChI is InChI=1S/C26H27ClN6O2/c27-22-8-18(3-4-28)7-19(9-22)12-29-5-1-2-6-34-23-15-33(16-23)26-11-20(21-13-31-35-17-21)10-25-24(26)14-30-32-25/h7-11,13-14,17,23,29H,1-3,5-6,12,15-16H2,(H,30,32). The molecular weight excluding hydrogens is 464 g/mol. The van der Waals surface area contributed by atoms with Crippen molar-refractivity contribution in [2.45, 2.75) is 31.9 Å². The van der Waals surface area contributed by atoms with Crippen molar-refractivity contribution < 1.29 is 9.26 Å². The minimum Gasteiger partial charge on any atom is -0.375 e. The van der Waals surface area contributed by atoms with Gasteiger partial charge in [0, 0.05) is 47.9 Å². The van der Waals surface area contributed by atoms with Crippen LogP contribution in [0.5, 0.6) is 0 Å². The third-order valence-electron chi connectivity index (χ3n) is 6.22. The summed E-state index contributed by atoms with van der Waals surface area (Å²) in [6.07, 6.45) is 7.92. The molecule has 0 atom stereocenters. The molecule has 0 amide bonds. The van der Waals surface area contributed by atoms with Crippen LogP contribution in [0.4, 0.5) is 5.69 Å². The van der Waals surface area contributed by atoms with E-state index in [-0.39, 0.29) is 6.10 Å². The van der Waals surface area contributed by atoms with E-state index in [1.165, 1.54) is 0 Å². The highest BCUT2D eigenvalue weighted by molar-refractivity contribution is 6.30. The smallest absolute Gasteiger partial charge is 0.131 e. The summed E-state index contributed by atoms with van der Waals surface area (Å²) in [4.78, 5) is 2.33. The fourth-order valence-electron chi connectivity index (χ4n) is 4.40.